The second kappa shape index (κ2) is 7.24. The fourth-order valence-corrected chi connectivity index (χ4v) is 2.61. The van der Waals surface area contributed by atoms with Gasteiger partial charge in [0.1, 0.15) is 6.61 Å². The number of nitrogens with two attached hydrogens (primary N) is 1. The highest BCUT2D eigenvalue weighted by Gasteiger charge is 2.25. The van der Waals surface area contributed by atoms with Crippen LogP contribution in [0.3, 0.4) is 0 Å². The minimum atomic E-state index is -4.20. The van der Waals surface area contributed by atoms with Crippen LogP contribution in [0.25, 0.3) is 0 Å². The molecule has 0 aliphatic heterocycles. The Hall–Kier alpha value is -1.85. The summed E-state index contributed by atoms with van der Waals surface area (Å²) in [6.07, 6.45) is -2.66. The quantitative estimate of drug-likeness (QED) is 0.314. The number of nitro benzene ring substituents is 1. The van der Waals surface area contributed by atoms with Crippen LogP contribution in [0.5, 0.6) is 0 Å². The number of halogens is 2. The van der Waals surface area contributed by atoms with E-state index in [4.69, 9.17) is 5.73 Å². The van der Waals surface area contributed by atoms with E-state index in [1.165, 1.54) is 6.07 Å². The molecule has 1 aromatic rings. The number of nitro groups is 1. The molecule has 0 amide bonds. The highest BCUT2D eigenvalue weighted by Crippen LogP contribution is 2.25. The zero-order valence-corrected chi connectivity index (χ0v) is 11.5. The number of nitrogen functional groups attached to an aromatic ring is 1. The molecule has 0 spiro atoms. The lowest BCUT2D eigenvalue weighted by Crippen LogP contribution is -2.28. The van der Waals surface area contributed by atoms with Crippen molar-refractivity contribution in [3.63, 3.8) is 0 Å². The zero-order valence-electron chi connectivity index (χ0n) is 10.7. The van der Waals surface area contributed by atoms with Crippen molar-refractivity contribution >= 4 is 21.4 Å². The van der Waals surface area contributed by atoms with Crippen LogP contribution in [0.2, 0.25) is 0 Å². The van der Waals surface area contributed by atoms with Gasteiger partial charge in [0.15, 0.2) is 4.90 Å². The summed E-state index contributed by atoms with van der Waals surface area (Å²) < 4.78 is 54.0. The first-order valence-electron chi connectivity index (χ1n) is 5.63. The molecule has 0 atom stereocenters. The largest absolute Gasteiger partial charge is 0.399 e. The molecule has 3 N–H and O–H groups in total. The molecule has 1 aromatic carbocycles. The fourth-order valence-electron chi connectivity index (χ4n) is 1.40. The van der Waals surface area contributed by atoms with Gasteiger partial charge in [-0.1, -0.05) is 0 Å². The van der Waals surface area contributed by atoms with Gasteiger partial charge in [-0.15, -0.1) is 0 Å². The van der Waals surface area contributed by atoms with Gasteiger partial charge in [0, 0.05) is 18.3 Å². The summed E-state index contributed by atoms with van der Waals surface area (Å²) in [6, 6.07) is 3.11. The molecule has 0 aliphatic rings. The van der Waals surface area contributed by atoms with Crippen LogP contribution in [0, 0.1) is 10.1 Å². The third-order valence-corrected chi connectivity index (χ3v) is 3.74. The van der Waals surface area contributed by atoms with Crippen LogP contribution >= 0.6 is 0 Å². The number of hydrogen-bond donors (Lipinski definition) is 2. The summed E-state index contributed by atoms with van der Waals surface area (Å²) in [5, 5.41) is 10.8. The normalized spacial score (nSPS) is 11.8. The summed E-state index contributed by atoms with van der Waals surface area (Å²) >= 11 is 0. The molecular formula is C10H13F2N3O5S. The molecule has 21 heavy (non-hydrogen) atoms. The van der Waals surface area contributed by atoms with E-state index >= 15 is 0 Å². The van der Waals surface area contributed by atoms with Crippen molar-refractivity contribution in [1.29, 1.82) is 0 Å². The maximum Gasteiger partial charge on any atom is 0.289 e. The van der Waals surface area contributed by atoms with Crippen molar-refractivity contribution < 1.29 is 26.9 Å². The van der Waals surface area contributed by atoms with Gasteiger partial charge >= 0.3 is 0 Å². The molecule has 1 rings (SSSR count). The summed E-state index contributed by atoms with van der Waals surface area (Å²) in [6.45, 7) is -1.42. The maximum atomic E-state index is 11.9. The topological polar surface area (TPSA) is 125 Å². The molecule has 0 saturated heterocycles. The number of nitrogens with one attached hydrogen (secondary N) is 1. The Kier molecular flexibility index (Phi) is 5.93. The Balaban J connectivity index is 2.79. The summed E-state index contributed by atoms with van der Waals surface area (Å²) in [4.78, 5) is 9.34. The lowest BCUT2D eigenvalue weighted by Gasteiger charge is -2.08. The van der Waals surface area contributed by atoms with Crippen LogP contribution in [0.15, 0.2) is 23.1 Å². The second-order valence-electron chi connectivity index (χ2n) is 3.85. The first-order chi connectivity index (χ1) is 9.74. The van der Waals surface area contributed by atoms with Gasteiger partial charge in [-0.05, 0) is 12.1 Å². The van der Waals surface area contributed by atoms with Crippen LogP contribution < -0.4 is 10.5 Å². The van der Waals surface area contributed by atoms with E-state index in [2.05, 4.69) is 4.74 Å². The van der Waals surface area contributed by atoms with Gasteiger partial charge in [0.25, 0.3) is 12.1 Å². The van der Waals surface area contributed by atoms with E-state index in [1.54, 1.807) is 0 Å². The first-order valence-corrected chi connectivity index (χ1v) is 7.12. The third-order valence-electron chi connectivity index (χ3n) is 2.25. The zero-order chi connectivity index (χ0) is 16.0. The summed E-state index contributed by atoms with van der Waals surface area (Å²) in [7, 11) is -4.20. The van der Waals surface area contributed by atoms with Gasteiger partial charge in [0.2, 0.25) is 10.0 Å². The average Bonchev–Trinajstić information content (AvgIpc) is 2.37. The molecule has 0 saturated carbocycles. The van der Waals surface area contributed by atoms with Crippen molar-refractivity contribution in [3.05, 3.63) is 28.3 Å². The van der Waals surface area contributed by atoms with E-state index < -0.39 is 38.6 Å². The van der Waals surface area contributed by atoms with E-state index in [0.29, 0.717) is 0 Å². The van der Waals surface area contributed by atoms with Crippen molar-refractivity contribution in [1.82, 2.24) is 4.72 Å². The molecular weight excluding hydrogens is 312 g/mol. The molecule has 0 heterocycles. The molecule has 0 aliphatic carbocycles. The third kappa shape index (κ3) is 5.21. The van der Waals surface area contributed by atoms with Gasteiger partial charge in [-0.25, -0.2) is 21.9 Å². The molecule has 8 nitrogen and oxygen atoms in total. The molecule has 0 fully saturated rings. The first kappa shape index (κ1) is 17.2. The van der Waals surface area contributed by atoms with Crippen LogP contribution in [-0.2, 0) is 14.8 Å². The summed E-state index contributed by atoms with van der Waals surface area (Å²) in [5.41, 5.74) is 4.81. The number of anilines is 1. The van der Waals surface area contributed by atoms with E-state index in [1.807, 2.05) is 4.72 Å². The number of nitrogens with zero attached hydrogens (tertiary/aromatic N) is 1. The van der Waals surface area contributed by atoms with E-state index in [-0.39, 0.29) is 18.8 Å². The molecule has 0 unspecified atom stereocenters. The standard InChI is InChI=1S/C10H13F2N3O5S/c11-10(12)6-20-4-3-14-21(18,19)9-5-7(13)1-2-8(9)15(16)17/h1-2,5,10,14H,3-4,6,13H2. The lowest BCUT2D eigenvalue weighted by molar-refractivity contribution is -0.387. The molecule has 0 radical (unpaired) electrons. The van der Waals surface area contributed by atoms with Crippen molar-refractivity contribution in [2.75, 3.05) is 25.5 Å². The number of sulfonamides is 1. The Labute approximate surface area is 119 Å². The molecule has 118 valence electrons. The lowest BCUT2D eigenvalue weighted by atomic mass is 10.3. The Morgan fingerprint density at radius 3 is 2.67 bits per heavy atom. The minimum absolute atomic E-state index is 0.0370. The van der Waals surface area contributed by atoms with Crippen molar-refractivity contribution in [3.8, 4) is 0 Å². The Morgan fingerprint density at radius 1 is 1.43 bits per heavy atom. The number of benzene rings is 1. The van der Waals surface area contributed by atoms with Gasteiger partial charge in [-0.3, -0.25) is 10.1 Å². The monoisotopic (exact) mass is 325 g/mol. The number of alkyl halides is 2. The maximum absolute atomic E-state index is 11.9. The molecule has 0 bridgehead atoms. The Morgan fingerprint density at radius 2 is 2.10 bits per heavy atom. The van der Waals surface area contributed by atoms with Gasteiger partial charge < -0.3 is 10.5 Å². The fraction of sp³-hybridized carbons (Fsp3) is 0.400. The van der Waals surface area contributed by atoms with Gasteiger partial charge in [-0.2, -0.15) is 0 Å². The Bertz CT molecular complexity index is 609. The SMILES string of the molecule is Nc1ccc([N+](=O)[O-])c(S(=O)(=O)NCCOCC(F)F)c1. The van der Waals surface area contributed by atoms with Crippen molar-refractivity contribution in [2.24, 2.45) is 0 Å². The number of ether oxygens (including phenoxy) is 1. The number of rotatable bonds is 8. The predicted octanol–water partition coefficient (Wildman–Crippen LogP) is 0.737. The minimum Gasteiger partial charge on any atom is -0.399 e. The van der Waals surface area contributed by atoms with Crippen LogP contribution in [0.4, 0.5) is 20.2 Å². The van der Waals surface area contributed by atoms with E-state index in [0.717, 1.165) is 12.1 Å². The van der Waals surface area contributed by atoms with Gasteiger partial charge in [0.05, 0.1) is 11.5 Å². The highest BCUT2D eigenvalue weighted by atomic mass is 32.2. The summed E-state index contributed by atoms with van der Waals surface area (Å²) in [5.74, 6) is 0. The molecule has 0 aromatic heterocycles. The highest BCUT2D eigenvalue weighted by molar-refractivity contribution is 7.89. The van der Waals surface area contributed by atoms with E-state index in [9.17, 15) is 27.3 Å². The van der Waals surface area contributed by atoms with Crippen LogP contribution in [0.1, 0.15) is 0 Å². The smallest absolute Gasteiger partial charge is 0.289 e. The number of hydrogen-bond acceptors (Lipinski definition) is 6. The molecule has 11 heteroatoms. The second-order valence-corrected chi connectivity index (χ2v) is 5.58. The average molecular weight is 325 g/mol. The van der Waals surface area contributed by atoms with Crippen molar-refractivity contribution in [2.45, 2.75) is 11.3 Å². The predicted molar refractivity (Wildman–Crippen MR) is 69.5 cm³/mol. The van der Waals surface area contributed by atoms with Crippen LogP contribution in [-0.4, -0.2) is 39.5 Å².